The molecule has 2 atom stereocenters. The fourth-order valence-corrected chi connectivity index (χ4v) is 1.29. The van der Waals surface area contributed by atoms with E-state index in [0.29, 0.717) is 5.41 Å². The minimum Gasteiger partial charge on any atom is -0.319 e. The summed E-state index contributed by atoms with van der Waals surface area (Å²) < 4.78 is 0. The number of rotatable bonds is 2. The molecule has 0 bridgehead atoms. The Morgan fingerprint density at radius 1 is 1.45 bits per heavy atom. The van der Waals surface area contributed by atoms with Crippen molar-refractivity contribution in [3.8, 4) is 0 Å². The van der Waals surface area contributed by atoms with Crippen molar-refractivity contribution in [2.24, 2.45) is 11.3 Å². The average molecular weight is 157 g/mol. The molecule has 68 valence electrons. The third kappa shape index (κ3) is 3.76. The summed E-state index contributed by atoms with van der Waals surface area (Å²) in [5, 5.41) is 3.20. The average Bonchev–Trinajstić information content (AvgIpc) is 2.43. The first-order valence-electron chi connectivity index (χ1n) is 4.75. The van der Waals surface area contributed by atoms with Crippen molar-refractivity contribution in [3.63, 3.8) is 0 Å². The van der Waals surface area contributed by atoms with E-state index in [4.69, 9.17) is 0 Å². The summed E-state index contributed by atoms with van der Waals surface area (Å²) in [6, 6.07) is 0. The summed E-state index contributed by atoms with van der Waals surface area (Å²) in [6.07, 6.45) is 2.66. The molecular formula is C10H23N. The van der Waals surface area contributed by atoms with Crippen LogP contribution < -0.4 is 5.32 Å². The maximum absolute atomic E-state index is 3.20. The lowest BCUT2D eigenvalue weighted by Crippen LogP contribution is -2.18. The summed E-state index contributed by atoms with van der Waals surface area (Å²) in [5.74, 6) is 0.954. The molecule has 11 heavy (non-hydrogen) atoms. The van der Waals surface area contributed by atoms with Crippen LogP contribution in [0.2, 0.25) is 0 Å². The van der Waals surface area contributed by atoms with Gasteiger partial charge >= 0.3 is 0 Å². The van der Waals surface area contributed by atoms with E-state index in [-0.39, 0.29) is 0 Å². The fourth-order valence-electron chi connectivity index (χ4n) is 1.29. The minimum absolute atomic E-state index is 0.648. The maximum atomic E-state index is 3.20. The fraction of sp³-hybridized carbons (Fsp3) is 1.00. The Hall–Kier alpha value is -0.0400. The Labute approximate surface area is 71.6 Å². The first kappa shape index (κ1) is 11.0. The van der Waals surface area contributed by atoms with Crippen LogP contribution in [0, 0.1) is 11.3 Å². The van der Waals surface area contributed by atoms with Gasteiger partial charge in [0.1, 0.15) is 0 Å². The number of hydrogen-bond donors (Lipinski definition) is 1. The monoisotopic (exact) mass is 157 g/mol. The Morgan fingerprint density at radius 2 is 1.82 bits per heavy atom. The number of nitrogens with one attached hydrogen (secondary N) is 1. The molecule has 0 heterocycles. The van der Waals surface area contributed by atoms with Crippen molar-refractivity contribution in [1.29, 1.82) is 0 Å². The molecule has 1 saturated carbocycles. The molecule has 0 aromatic carbocycles. The minimum atomic E-state index is 0.648. The van der Waals surface area contributed by atoms with E-state index >= 15 is 0 Å². The molecule has 0 saturated heterocycles. The van der Waals surface area contributed by atoms with E-state index in [1.165, 1.54) is 19.4 Å². The van der Waals surface area contributed by atoms with Crippen molar-refractivity contribution in [1.82, 2.24) is 5.32 Å². The zero-order valence-corrected chi connectivity index (χ0v) is 8.70. The quantitative estimate of drug-likeness (QED) is 0.650. The van der Waals surface area contributed by atoms with Crippen molar-refractivity contribution in [3.05, 3.63) is 0 Å². The summed E-state index contributed by atoms with van der Waals surface area (Å²) >= 11 is 0. The lowest BCUT2D eigenvalue weighted by Gasteiger charge is -2.06. The lowest BCUT2D eigenvalue weighted by atomic mass is 10.1. The van der Waals surface area contributed by atoms with Crippen LogP contribution in [0.5, 0.6) is 0 Å². The van der Waals surface area contributed by atoms with Crippen LogP contribution in [0.1, 0.15) is 40.5 Å². The van der Waals surface area contributed by atoms with Crippen LogP contribution in [0.25, 0.3) is 0 Å². The van der Waals surface area contributed by atoms with Crippen molar-refractivity contribution in [2.75, 3.05) is 13.6 Å². The van der Waals surface area contributed by atoms with Gasteiger partial charge in [-0.2, -0.15) is 0 Å². The van der Waals surface area contributed by atoms with Gasteiger partial charge in [0.2, 0.25) is 0 Å². The molecule has 0 aliphatic heterocycles. The molecule has 0 aromatic heterocycles. The third-order valence-electron chi connectivity index (χ3n) is 2.38. The highest BCUT2D eigenvalue weighted by Crippen LogP contribution is 2.50. The zero-order chi connectivity index (χ0) is 8.91. The molecular weight excluding hydrogens is 134 g/mol. The van der Waals surface area contributed by atoms with Gasteiger partial charge in [-0.1, -0.05) is 34.1 Å². The Balaban J connectivity index is 0.000000292. The van der Waals surface area contributed by atoms with Crippen molar-refractivity contribution < 1.29 is 0 Å². The predicted octanol–water partition coefficient (Wildman–Crippen LogP) is 2.67. The Morgan fingerprint density at radius 3 is 1.91 bits per heavy atom. The normalized spacial score (nSPS) is 34.1. The standard InChI is InChI=1S/C7H15N.C3H8/c1-6-4-7(6,2)5-8-3;1-3-2/h6,8H,4-5H2,1-3H3;3H2,1-2H3. The van der Waals surface area contributed by atoms with Gasteiger partial charge in [0, 0.05) is 6.54 Å². The van der Waals surface area contributed by atoms with Crippen LogP contribution in [0.4, 0.5) is 0 Å². The molecule has 0 spiro atoms. The van der Waals surface area contributed by atoms with Gasteiger partial charge in [0.25, 0.3) is 0 Å². The zero-order valence-electron chi connectivity index (χ0n) is 8.70. The van der Waals surface area contributed by atoms with E-state index in [9.17, 15) is 0 Å². The van der Waals surface area contributed by atoms with Crippen LogP contribution in [0.3, 0.4) is 0 Å². The highest BCUT2D eigenvalue weighted by atomic mass is 14.8. The molecule has 1 fully saturated rings. The highest BCUT2D eigenvalue weighted by molar-refractivity contribution is 4.96. The smallest absolute Gasteiger partial charge is 0.000482 e. The van der Waals surface area contributed by atoms with Gasteiger partial charge in [0.05, 0.1) is 0 Å². The largest absolute Gasteiger partial charge is 0.319 e. The molecule has 0 radical (unpaired) electrons. The molecule has 1 heteroatoms. The van der Waals surface area contributed by atoms with Gasteiger partial charge < -0.3 is 5.32 Å². The van der Waals surface area contributed by atoms with Gasteiger partial charge in [-0.3, -0.25) is 0 Å². The van der Waals surface area contributed by atoms with Crippen LogP contribution >= 0.6 is 0 Å². The van der Waals surface area contributed by atoms with Crippen LogP contribution in [0.15, 0.2) is 0 Å². The second-order valence-corrected chi connectivity index (χ2v) is 4.00. The summed E-state index contributed by atoms with van der Waals surface area (Å²) in [4.78, 5) is 0. The first-order valence-corrected chi connectivity index (χ1v) is 4.75. The topological polar surface area (TPSA) is 12.0 Å². The van der Waals surface area contributed by atoms with E-state index in [1.807, 2.05) is 7.05 Å². The summed E-state index contributed by atoms with van der Waals surface area (Å²) in [7, 11) is 2.02. The molecule has 1 aliphatic rings. The molecule has 0 amide bonds. The van der Waals surface area contributed by atoms with E-state index < -0.39 is 0 Å². The Bertz CT molecular complexity index is 101. The molecule has 1 N–H and O–H groups in total. The van der Waals surface area contributed by atoms with Gasteiger partial charge in [-0.25, -0.2) is 0 Å². The van der Waals surface area contributed by atoms with Gasteiger partial charge in [-0.05, 0) is 24.8 Å². The van der Waals surface area contributed by atoms with Crippen LogP contribution in [-0.4, -0.2) is 13.6 Å². The summed E-state index contributed by atoms with van der Waals surface area (Å²) in [6.45, 7) is 10.1. The van der Waals surface area contributed by atoms with Crippen LogP contribution in [-0.2, 0) is 0 Å². The maximum Gasteiger partial charge on any atom is 0.000482 e. The molecule has 2 unspecified atom stereocenters. The van der Waals surface area contributed by atoms with Crippen molar-refractivity contribution >= 4 is 0 Å². The SMILES string of the molecule is CCC.CNCC1(C)CC1C. The second-order valence-electron chi connectivity index (χ2n) is 4.00. The molecule has 0 aromatic rings. The van der Waals surface area contributed by atoms with Crippen molar-refractivity contribution in [2.45, 2.75) is 40.5 Å². The summed E-state index contributed by atoms with van der Waals surface area (Å²) in [5.41, 5.74) is 0.648. The Kier molecular flexibility index (Phi) is 4.74. The lowest BCUT2D eigenvalue weighted by molar-refractivity contribution is 0.490. The number of hydrogen-bond acceptors (Lipinski definition) is 1. The molecule has 1 aliphatic carbocycles. The van der Waals surface area contributed by atoms with E-state index in [2.05, 4.69) is 33.0 Å². The second kappa shape index (κ2) is 4.76. The van der Waals surface area contributed by atoms with E-state index in [1.54, 1.807) is 0 Å². The molecule has 1 nitrogen and oxygen atoms in total. The van der Waals surface area contributed by atoms with Gasteiger partial charge in [-0.15, -0.1) is 0 Å². The predicted molar refractivity (Wildman–Crippen MR) is 51.8 cm³/mol. The first-order chi connectivity index (χ1) is 5.10. The van der Waals surface area contributed by atoms with E-state index in [0.717, 1.165) is 5.92 Å². The molecule has 1 rings (SSSR count). The third-order valence-corrected chi connectivity index (χ3v) is 2.38. The van der Waals surface area contributed by atoms with Gasteiger partial charge in [0.15, 0.2) is 0 Å². The highest BCUT2D eigenvalue weighted by Gasteiger charge is 2.45.